The van der Waals surface area contributed by atoms with Crippen molar-refractivity contribution in [2.45, 2.75) is 13.1 Å². The lowest BCUT2D eigenvalue weighted by Gasteiger charge is -2.11. The van der Waals surface area contributed by atoms with E-state index in [4.69, 9.17) is 14.2 Å². The second-order valence-corrected chi connectivity index (χ2v) is 6.41. The average Bonchev–Trinajstić information content (AvgIpc) is 2.78. The Labute approximate surface area is 174 Å². The van der Waals surface area contributed by atoms with Crippen molar-refractivity contribution in [1.29, 1.82) is 0 Å². The molecule has 0 saturated heterocycles. The van der Waals surface area contributed by atoms with Gasteiger partial charge in [-0.25, -0.2) is 4.68 Å². The van der Waals surface area contributed by atoms with Crippen LogP contribution in [0.25, 0.3) is 11.3 Å². The summed E-state index contributed by atoms with van der Waals surface area (Å²) in [5.74, 6) is 1.53. The molecule has 30 heavy (non-hydrogen) atoms. The summed E-state index contributed by atoms with van der Waals surface area (Å²) >= 11 is 0. The lowest BCUT2D eigenvalue weighted by Crippen LogP contribution is -2.33. The average molecular weight is 409 g/mol. The second kappa shape index (κ2) is 9.60. The van der Waals surface area contributed by atoms with Crippen molar-refractivity contribution in [3.05, 3.63) is 70.5 Å². The van der Waals surface area contributed by atoms with Crippen LogP contribution in [0.2, 0.25) is 0 Å². The molecule has 0 spiro atoms. The number of aromatic nitrogens is 2. The van der Waals surface area contributed by atoms with Crippen molar-refractivity contribution in [3.63, 3.8) is 0 Å². The first kappa shape index (κ1) is 20.9. The van der Waals surface area contributed by atoms with E-state index < -0.39 is 0 Å². The first-order valence-corrected chi connectivity index (χ1v) is 9.24. The molecule has 3 aromatic rings. The highest BCUT2D eigenvalue weighted by Crippen LogP contribution is 2.27. The third-order valence-corrected chi connectivity index (χ3v) is 4.46. The molecule has 3 rings (SSSR count). The number of carbonyl (C=O) groups is 1. The fourth-order valence-electron chi connectivity index (χ4n) is 2.88. The van der Waals surface area contributed by atoms with E-state index >= 15 is 0 Å². The van der Waals surface area contributed by atoms with Crippen molar-refractivity contribution in [2.75, 3.05) is 21.3 Å². The fourth-order valence-corrected chi connectivity index (χ4v) is 2.88. The SMILES string of the molecule is COc1cccc(-c2ccc(=O)n(CC(=O)NCc3ccc(OC)c(OC)c3)n2)c1. The zero-order valence-corrected chi connectivity index (χ0v) is 17.0. The Kier molecular flexibility index (Phi) is 6.69. The van der Waals surface area contributed by atoms with Crippen molar-refractivity contribution >= 4 is 5.91 Å². The summed E-state index contributed by atoms with van der Waals surface area (Å²) in [6.07, 6.45) is 0. The van der Waals surface area contributed by atoms with E-state index in [2.05, 4.69) is 10.4 Å². The minimum Gasteiger partial charge on any atom is -0.497 e. The number of nitrogens with one attached hydrogen (secondary N) is 1. The molecule has 0 aliphatic carbocycles. The monoisotopic (exact) mass is 409 g/mol. The van der Waals surface area contributed by atoms with Crippen LogP contribution in [0.3, 0.4) is 0 Å². The highest BCUT2D eigenvalue weighted by atomic mass is 16.5. The minimum atomic E-state index is -0.358. The van der Waals surface area contributed by atoms with E-state index in [0.717, 1.165) is 15.8 Å². The standard InChI is InChI=1S/C22H23N3O5/c1-28-17-6-4-5-16(12-17)18-8-10-22(27)25(24-18)14-21(26)23-13-15-7-9-19(29-2)20(11-15)30-3/h4-12H,13-14H2,1-3H3,(H,23,26). The van der Waals surface area contributed by atoms with Crippen molar-refractivity contribution in [2.24, 2.45) is 0 Å². The van der Waals surface area contributed by atoms with Gasteiger partial charge in [-0.1, -0.05) is 18.2 Å². The predicted molar refractivity (Wildman–Crippen MR) is 112 cm³/mol. The molecule has 0 aliphatic heterocycles. The summed E-state index contributed by atoms with van der Waals surface area (Å²) in [7, 11) is 4.69. The summed E-state index contributed by atoms with van der Waals surface area (Å²) in [4.78, 5) is 24.5. The number of nitrogens with zero attached hydrogens (tertiary/aromatic N) is 2. The van der Waals surface area contributed by atoms with Gasteiger partial charge in [-0.15, -0.1) is 0 Å². The Balaban J connectivity index is 1.70. The summed E-state index contributed by atoms with van der Waals surface area (Å²) in [5.41, 5.74) is 1.84. The number of hydrogen-bond acceptors (Lipinski definition) is 6. The number of ether oxygens (including phenoxy) is 3. The maximum absolute atomic E-state index is 12.4. The van der Waals surface area contributed by atoms with Crippen molar-refractivity contribution < 1.29 is 19.0 Å². The summed E-state index contributed by atoms with van der Waals surface area (Å²) in [6, 6.07) is 15.7. The Morgan fingerprint density at radius 3 is 2.50 bits per heavy atom. The number of benzene rings is 2. The molecule has 1 aromatic heterocycles. The van der Waals surface area contributed by atoms with Crippen LogP contribution in [0.15, 0.2) is 59.4 Å². The molecule has 0 fully saturated rings. The maximum atomic E-state index is 12.4. The molecule has 156 valence electrons. The third-order valence-electron chi connectivity index (χ3n) is 4.46. The molecule has 0 atom stereocenters. The molecule has 2 aromatic carbocycles. The molecule has 0 bridgehead atoms. The van der Waals surface area contributed by atoms with Gasteiger partial charge < -0.3 is 19.5 Å². The number of hydrogen-bond donors (Lipinski definition) is 1. The third kappa shape index (κ3) is 4.96. The zero-order valence-electron chi connectivity index (χ0n) is 17.0. The number of rotatable bonds is 8. The molecule has 0 unspecified atom stereocenters. The molecular weight excluding hydrogens is 386 g/mol. The molecule has 1 N–H and O–H groups in total. The van der Waals surface area contributed by atoms with Gasteiger partial charge in [0, 0.05) is 18.2 Å². The minimum absolute atomic E-state index is 0.191. The first-order chi connectivity index (χ1) is 14.5. The van der Waals surface area contributed by atoms with Crippen LogP contribution in [0.4, 0.5) is 0 Å². The van der Waals surface area contributed by atoms with Crippen LogP contribution in [0.5, 0.6) is 17.2 Å². The molecule has 0 saturated carbocycles. The maximum Gasteiger partial charge on any atom is 0.267 e. The Hall–Kier alpha value is -3.81. The van der Waals surface area contributed by atoms with Crippen LogP contribution in [-0.2, 0) is 17.9 Å². The smallest absolute Gasteiger partial charge is 0.267 e. The number of methoxy groups -OCH3 is 3. The summed E-state index contributed by atoms with van der Waals surface area (Å²) < 4.78 is 16.8. The van der Waals surface area contributed by atoms with Crippen LogP contribution in [0, 0.1) is 0 Å². The first-order valence-electron chi connectivity index (χ1n) is 9.24. The Morgan fingerprint density at radius 1 is 0.967 bits per heavy atom. The van der Waals surface area contributed by atoms with E-state index in [-0.39, 0.29) is 24.6 Å². The van der Waals surface area contributed by atoms with E-state index in [1.807, 2.05) is 30.3 Å². The molecule has 0 radical (unpaired) electrons. The molecular formula is C22H23N3O5. The molecule has 1 amide bonds. The molecule has 8 heteroatoms. The molecule has 1 heterocycles. The normalized spacial score (nSPS) is 10.4. The van der Waals surface area contributed by atoms with E-state index in [0.29, 0.717) is 22.9 Å². The van der Waals surface area contributed by atoms with Crippen LogP contribution >= 0.6 is 0 Å². The van der Waals surface area contributed by atoms with Crippen molar-refractivity contribution in [3.8, 4) is 28.5 Å². The summed E-state index contributed by atoms with van der Waals surface area (Å²) in [6.45, 7) is 0.0907. The van der Waals surface area contributed by atoms with Crippen LogP contribution in [-0.4, -0.2) is 37.0 Å². The topological polar surface area (TPSA) is 91.7 Å². The predicted octanol–water partition coefficient (Wildman–Crippen LogP) is 2.25. The van der Waals surface area contributed by atoms with E-state index in [9.17, 15) is 9.59 Å². The van der Waals surface area contributed by atoms with E-state index in [1.165, 1.54) is 6.07 Å². The second-order valence-electron chi connectivity index (χ2n) is 6.41. The van der Waals surface area contributed by atoms with Crippen LogP contribution in [0.1, 0.15) is 5.56 Å². The van der Waals surface area contributed by atoms with Crippen LogP contribution < -0.4 is 25.1 Å². The summed E-state index contributed by atoms with van der Waals surface area (Å²) in [5, 5.41) is 7.10. The van der Waals surface area contributed by atoms with Gasteiger partial charge in [-0.05, 0) is 35.9 Å². The number of amides is 1. The quantitative estimate of drug-likeness (QED) is 0.614. The molecule has 8 nitrogen and oxygen atoms in total. The van der Waals surface area contributed by atoms with Gasteiger partial charge in [-0.2, -0.15) is 5.10 Å². The van der Waals surface area contributed by atoms with Gasteiger partial charge in [0.25, 0.3) is 5.56 Å². The van der Waals surface area contributed by atoms with Crippen molar-refractivity contribution in [1.82, 2.24) is 15.1 Å². The zero-order chi connectivity index (χ0) is 21.5. The van der Waals surface area contributed by atoms with Gasteiger partial charge in [0.15, 0.2) is 11.5 Å². The Morgan fingerprint density at radius 2 is 1.77 bits per heavy atom. The Bertz CT molecular complexity index is 1090. The van der Waals surface area contributed by atoms with Gasteiger partial charge in [0.2, 0.25) is 5.91 Å². The fraction of sp³-hybridized carbons (Fsp3) is 0.227. The lowest BCUT2D eigenvalue weighted by atomic mass is 10.1. The molecule has 0 aliphatic rings. The largest absolute Gasteiger partial charge is 0.497 e. The van der Waals surface area contributed by atoms with Gasteiger partial charge in [0.1, 0.15) is 12.3 Å². The van der Waals surface area contributed by atoms with Gasteiger partial charge in [0.05, 0.1) is 27.0 Å². The number of carbonyl (C=O) groups excluding carboxylic acids is 1. The highest BCUT2D eigenvalue weighted by molar-refractivity contribution is 5.75. The van der Waals surface area contributed by atoms with Gasteiger partial charge >= 0.3 is 0 Å². The highest BCUT2D eigenvalue weighted by Gasteiger charge is 2.10. The lowest BCUT2D eigenvalue weighted by molar-refractivity contribution is -0.122. The van der Waals surface area contributed by atoms with E-state index in [1.54, 1.807) is 39.5 Å². The van der Waals surface area contributed by atoms with Gasteiger partial charge in [-0.3, -0.25) is 9.59 Å².